The molecule has 0 aliphatic rings. The predicted molar refractivity (Wildman–Crippen MR) is 199 cm³/mol. The molecule has 0 radical (unpaired) electrons. The van der Waals surface area contributed by atoms with Crippen LogP contribution in [0.5, 0.6) is 0 Å². The van der Waals surface area contributed by atoms with E-state index < -0.39 is 11.9 Å². The number of aromatic nitrogens is 1. The second-order valence-corrected chi connectivity index (χ2v) is 12.2. The van der Waals surface area contributed by atoms with Gasteiger partial charge in [0.1, 0.15) is 6.04 Å². The number of hydrogen-bond donors (Lipinski definition) is 8. The number of guanidine groups is 1. The van der Waals surface area contributed by atoms with E-state index in [1.54, 1.807) is 30.3 Å². The number of nitrogens with two attached hydrogens (primary N) is 2. The second kappa shape index (κ2) is 17.2. The molecule has 1 aromatic heterocycles. The number of nitrogens with zero attached hydrogens (tertiary/aromatic N) is 1. The van der Waals surface area contributed by atoms with Crippen molar-refractivity contribution in [1.82, 2.24) is 26.3 Å². The molecule has 3 amide bonds. The van der Waals surface area contributed by atoms with Crippen molar-refractivity contribution in [3.8, 4) is 0 Å². The van der Waals surface area contributed by atoms with Crippen molar-refractivity contribution in [2.24, 2.45) is 16.5 Å². The van der Waals surface area contributed by atoms with Gasteiger partial charge in [0.25, 0.3) is 11.8 Å². The van der Waals surface area contributed by atoms with E-state index in [0.29, 0.717) is 54.4 Å². The predicted octanol–water partition coefficient (Wildman–Crippen LogP) is 3.25. The van der Waals surface area contributed by atoms with Crippen LogP contribution in [-0.4, -0.2) is 74.0 Å². The summed E-state index contributed by atoms with van der Waals surface area (Å²) >= 11 is 3.45. The van der Waals surface area contributed by atoms with Crippen molar-refractivity contribution < 1.29 is 14.4 Å². The van der Waals surface area contributed by atoms with E-state index in [1.807, 2.05) is 60.8 Å². The Bertz CT molecular complexity index is 1960. The number of aromatic amines is 1. The minimum absolute atomic E-state index is 0.202. The Morgan fingerprint density at radius 2 is 1.55 bits per heavy atom. The van der Waals surface area contributed by atoms with E-state index in [2.05, 4.69) is 52.5 Å². The van der Waals surface area contributed by atoms with E-state index >= 15 is 0 Å². The number of carbonyl (C=O) groups is 3. The maximum atomic E-state index is 13.9. The topological polar surface area (TPSA) is 192 Å². The Morgan fingerprint density at radius 3 is 2.37 bits per heavy atom. The van der Waals surface area contributed by atoms with Crippen LogP contribution in [0.25, 0.3) is 21.7 Å². The minimum atomic E-state index is -0.935. The van der Waals surface area contributed by atoms with Gasteiger partial charge in [-0.25, -0.2) is 0 Å². The van der Waals surface area contributed by atoms with Gasteiger partial charge < -0.3 is 43.0 Å². The quantitative estimate of drug-likeness (QED) is 0.0490. The number of rotatable bonds is 14. The molecule has 0 bridgehead atoms. The second-order valence-electron chi connectivity index (χ2n) is 11.2. The van der Waals surface area contributed by atoms with Crippen LogP contribution >= 0.6 is 15.9 Å². The van der Waals surface area contributed by atoms with Crippen LogP contribution in [0.2, 0.25) is 0 Å². The van der Waals surface area contributed by atoms with Crippen LogP contribution in [0.3, 0.4) is 0 Å². The summed E-state index contributed by atoms with van der Waals surface area (Å²) in [6, 6.07) is 25.0. The first-order valence-electron chi connectivity index (χ1n) is 16.0. The highest BCUT2D eigenvalue weighted by Gasteiger charge is 2.25. The summed E-state index contributed by atoms with van der Waals surface area (Å²) in [5.41, 5.74) is 13.9. The lowest BCUT2D eigenvalue weighted by atomic mass is 10.0. The minimum Gasteiger partial charge on any atom is -0.361 e. The molecule has 1 heterocycles. The number of nitrogens with one attached hydrogen (secondary N) is 6. The number of benzene rings is 4. The standard InChI is InChI=1S/C36H40BrN9O3/c37-27-11-12-31(45-33(47)25-10-9-23-5-1-2-6-24(23)19-25)29(21-27)34(48)46-32(20-26-22-44-30-8-4-3-7-28(26)30)35(49)40-17-18-43-36(41-15-13-38)42-16-14-39/h1-12,19,21-22,32,44H,13-18,20,38-39H2,(H,40,49)(H,45,47)(H,46,48)(H2,41,42,43)/t32-/m0/s1. The lowest BCUT2D eigenvalue weighted by Crippen LogP contribution is -2.50. The molecule has 0 unspecified atom stereocenters. The summed E-state index contributed by atoms with van der Waals surface area (Å²) < 4.78 is 0.639. The summed E-state index contributed by atoms with van der Waals surface area (Å²) in [6.45, 7) is 2.43. The first-order chi connectivity index (χ1) is 23.9. The highest BCUT2D eigenvalue weighted by Crippen LogP contribution is 2.24. The molecule has 254 valence electrons. The third kappa shape index (κ3) is 9.44. The zero-order valence-corrected chi connectivity index (χ0v) is 28.5. The lowest BCUT2D eigenvalue weighted by molar-refractivity contribution is -0.122. The van der Waals surface area contributed by atoms with Gasteiger partial charge in [0.05, 0.1) is 17.8 Å². The number of fused-ring (bicyclic) bond motifs is 2. The molecule has 13 heteroatoms. The maximum absolute atomic E-state index is 13.9. The zero-order chi connectivity index (χ0) is 34.6. The van der Waals surface area contributed by atoms with Gasteiger partial charge in [0.2, 0.25) is 5.91 Å². The summed E-state index contributed by atoms with van der Waals surface area (Å²) in [4.78, 5) is 48.5. The molecule has 5 aromatic rings. The molecule has 0 aliphatic carbocycles. The maximum Gasteiger partial charge on any atom is 0.255 e. The van der Waals surface area contributed by atoms with E-state index in [4.69, 9.17) is 11.5 Å². The van der Waals surface area contributed by atoms with E-state index in [9.17, 15) is 14.4 Å². The highest BCUT2D eigenvalue weighted by atomic mass is 79.9. The number of para-hydroxylation sites is 1. The van der Waals surface area contributed by atoms with Crippen LogP contribution in [0, 0.1) is 0 Å². The number of aliphatic imine (C=N–C) groups is 1. The fraction of sp³-hybridized carbons (Fsp3) is 0.222. The molecule has 0 spiro atoms. The van der Waals surface area contributed by atoms with E-state index in [0.717, 1.165) is 27.2 Å². The average Bonchev–Trinajstić information content (AvgIpc) is 3.53. The van der Waals surface area contributed by atoms with Crippen molar-refractivity contribution >= 4 is 67.0 Å². The number of anilines is 1. The molecular formula is C36H40BrN9O3. The molecule has 0 saturated carbocycles. The van der Waals surface area contributed by atoms with Crippen molar-refractivity contribution in [2.45, 2.75) is 12.5 Å². The highest BCUT2D eigenvalue weighted by molar-refractivity contribution is 9.10. The van der Waals surface area contributed by atoms with Crippen LogP contribution < -0.4 is 38.1 Å². The van der Waals surface area contributed by atoms with Crippen LogP contribution in [0.1, 0.15) is 26.3 Å². The first kappa shape index (κ1) is 35.1. The van der Waals surface area contributed by atoms with Gasteiger partial charge in [-0.2, -0.15) is 0 Å². The molecule has 49 heavy (non-hydrogen) atoms. The summed E-state index contributed by atoms with van der Waals surface area (Å²) in [5.74, 6) is -0.706. The SMILES string of the molecule is NCCN=C(NCCN)NCCNC(=O)[C@H](Cc1c[nH]c2ccccc12)NC(=O)c1cc(Br)ccc1NC(=O)c1ccc2ccccc2c1. The summed E-state index contributed by atoms with van der Waals surface area (Å²) in [5, 5.41) is 17.9. The van der Waals surface area contributed by atoms with E-state index in [-0.39, 0.29) is 30.3 Å². The first-order valence-corrected chi connectivity index (χ1v) is 16.8. The van der Waals surface area contributed by atoms with Crippen molar-refractivity contribution in [3.63, 3.8) is 0 Å². The molecule has 4 aromatic carbocycles. The fourth-order valence-electron chi connectivity index (χ4n) is 5.34. The van der Waals surface area contributed by atoms with Gasteiger partial charge in [-0.1, -0.05) is 64.5 Å². The van der Waals surface area contributed by atoms with Gasteiger partial charge in [-0.05, 0) is 52.7 Å². The molecule has 12 nitrogen and oxygen atoms in total. The number of H-pyrrole nitrogens is 1. The fourth-order valence-corrected chi connectivity index (χ4v) is 5.70. The smallest absolute Gasteiger partial charge is 0.255 e. The number of hydrogen-bond acceptors (Lipinski definition) is 6. The molecule has 5 rings (SSSR count). The molecular weight excluding hydrogens is 686 g/mol. The largest absolute Gasteiger partial charge is 0.361 e. The van der Waals surface area contributed by atoms with Gasteiger partial charge in [0, 0.05) is 66.3 Å². The average molecular weight is 727 g/mol. The number of carbonyl (C=O) groups excluding carboxylic acids is 3. The van der Waals surface area contributed by atoms with Crippen LogP contribution in [0.15, 0.2) is 101 Å². The van der Waals surface area contributed by atoms with Gasteiger partial charge in [-0.15, -0.1) is 0 Å². The summed E-state index contributed by atoms with van der Waals surface area (Å²) in [6.07, 6.45) is 2.07. The van der Waals surface area contributed by atoms with Gasteiger partial charge in [-0.3, -0.25) is 19.4 Å². The number of amides is 3. The summed E-state index contributed by atoms with van der Waals surface area (Å²) in [7, 11) is 0. The number of halogens is 1. The third-order valence-electron chi connectivity index (χ3n) is 7.76. The third-order valence-corrected chi connectivity index (χ3v) is 8.25. The Hall–Kier alpha value is -5.24. The Labute approximate surface area is 292 Å². The molecule has 0 aliphatic heterocycles. The Morgan fingerprint density at radius 1 is 0.796 bits per heavy atom. The molecule has 1 atom stereocenters. The van der Waals surface area contributed by atoms with Crippen molar-refractivity contribution in [2.75, 3.05) is 44.6 Å². The van der Waals surface area contributed by atoms with Crippen molar-refractivity contribution in [3.05, 3.63) is 112 Å². The van der Waals surface area contributed by atoms with Gasteiger partial charge >= 0.3 is 0 Å². The normalized spacial score (nSPS) is 12.0. The molecule has 10 N–H and O–H groups in total. The van der Waals surface area contributed by atoms with Crippen molar-refractivity contribution in [1.29, 1.82) is 0 Å². The Balaban J connectivity index is 1.33. The van der Waals surface area contributed by atoms with Crippen LogP contribution in [-0.2, 0) is 11.2 Å². The van der Waals surface area contributed by atoms with E-state index in [1.165, 1.54) is 0 Å². The zero-order valence-electron chi connectivity index (χ0n) is 26.9. The monoisotopic (exact) mass is 725 g/mol. The van der Waals surface area contributed by atoms with Crippen LogP contribution in [0.4, 0.5) is 5.69 Å². The molecule has 0 fully saturated rings. The lowest BCUT2D eigenvalue weighted by Gasteiger charge is -2.20. The Kier molecular flexibility index (Phi) is 12.3. The van der Waals surface area contributed by atoms with Gasteiger partial charge in [0.15, 0.2) is 5.96 Å². The molecule has 0 saturated heterocycles.